The van der Waals surface area contributed by atoms with E-state index in [1.54, 1.807) is 12.1 Å². The second-order valence-corrected chi connectivity index (χ2v) is 4.57. The second-order valence-electron chi connectivity index (χ2n) is 4.57. The number of aliphatic carboxylic acids is 1. The highest BCUT2D eigenvalue weighted by Crippen LogP contribution is 2.21. The fourth-order valence-corrected chi connectivity index (χ4v) is 1.61. The van der Waals surface area contributed by atoms with Crippen LogP contribution in [0.1, 0.15) is 23.2 Å². The monoisotopic (exact) mass is 265 g/mol. The van der Waals surface area contributed by atoms with Crippen molar-refractivity contribution in [2.45, 2.75) is 18.9 Å². The average Bonchev–Trinajstić information content (AvgIpc) is 2.35. The van der Waals surface area contributed by atoms with Gasteiger partial charge in [0.05, 0.1) is 0 Å². The van der Waals surface area contributed by atoms with E-state index < -0.39 is 12.0 Å². The number of carboxylic acids is 1. The SMILES string of the molecule is CN(C)c1ccc(N)c(C(=O)CC[C@H](N)C(=O)O)c1. The number of anilines is 2. The topological polar surface area (TPSA) is 110 Å². The maximum absolute atomic E-state index is 12.0. The van der Waals surface area contributed by atoms with Crippen molar-refractivity contribution < 1.29 is 14.7 Å². The van der Waals surface area contributed by atoms with Gasteiger partial charge in [-0.05, 0) is 24.6 Å². The fourth-order valence-electron chi connectivity index (χ4n) is 1.61. The Kier molecular flexibility index (Phi) is 4.88. The molecule has 0 fully saturated rings. The van der Waals surface area contributed by atoms with Crippen molar-refractivity contribution in [3.8, 4) is 0 Å². The summed E-state index contributed by atoms with van der Waals surface area (Å²) in [5.74, 6) is -1.30. The minimum absolute atomic E-state index is 0.0640. The number of carboxylic acid groups (broad SMARTS) is 1. The lowest BCUT2D eigenvalue weighted by Crippen LogP contribution is -2.30. The summed E-state index contributed by atoms with van der Waals surface area (Å²) in [6.07, 6.45) is 0.161. The minimum Gasteiger partial charge on any atom is -0.480 e. The van der Waals surface area contributed by atoms with Gasteiger partial charge in [-0.2, -0.15) is 0 Å². The first-order chi connectivity index (χ1) is 8.82. The summed E-state index contributed by atoms with van der Waals surface area (Å²) < 4.78 is 0. The van der Waals surface area contributed by atoms with Crippen LogP contribution in [-0.4, -0.2) is 37.0 Å². The van der Waals surface area contributed by atoms with Crippen LogP contribution in [0.5, 0.6) is 0 Å². The van der Waals surface area contributed by atoms with Gasteiger partial charge in [0, 0.05) is 37.5 Å². The lowest BCUT2D eigenvalue weighted by atomic mass is 10.0. The van der Waals surface area contributed by atoms with Crippen LogP contribution in [0.4, 0.5) is 11.4 Å². The Morgan fingerprint density at radius 2 is 2.00 bits per heavy atom. The summed E-state index contributed by atoms with van der Waals surface area (Å²) >= 11 is 0. The minimum atomic E-state index is -1.11. The van der Waals surface area contributed by atoms with E-state index in [4.69, 9.17) is 16.6 Å². The van der Waals surface area contributed by atoms with Crippen molar-refractivity contribution in [1.82, 2.24) is 0 Å². The molecule has 0 unspecified atom stereocenters. The van der Waals surface area contributed by atoms with Gasteiger partial charge in [0.25, 0.3) is 0 Å². The molecule has 19 heavy (non-hydrogen) atoms. The molecule has 1 rings (SSSR count). The van der Waals surface area contributed by atoms with Gasteiger partial charge in [-0.3, -0.25) is 9.59 Å². The summed E-state index contributed by atoms with van der Waals surface area (Å²) in [6, 6.07) is 4.15. The van der Waals surface area contributed by atoms with Crippen molar-refractivity contribution in [2.75, 3.05) is 24.7 Å². The largest absolute Gasteiger partial charge is 0.480 e. The maximum Gasteiger partial charge on any atom is 0.320 e. The van der Waals surface area contributed by atoms with Gasteiger partial charge in [0.2, 0.25) is 0 Å². The molecular weight excluding hydrogens is 246 g/mol. The number of nitrogen functional groups attached to an aromatic ring is 1. The molecule has 0 radical (unpaired) electrons. The third kappa shape index (κ3) is 3.96. The Labute approximate surface area is 112 Å². The Bertz CT molecular complexity index is 486. The van der Waals surface area contributed by atoms with E-state index in [1.807, 2.05) is 25.1 Å². The van der Waals surface area contributed by atoms with Crippen LogP contribution in [0.25, 0.3) is 0 Å². The van der Waals surface area contributed by atoms with Crippen LogP contribution in [0.2, 0.25) is 0 Å². The van der Waals surface area contributed by atoms with E-state index >= 15 is 0 Å². The van der Waals surface area contributed by atoms with Crippen molar-refractivity contribution in [1.29, 1.82) is 0 Å². The normalized spacial score (nSPS) is 11.9. The van der Waals surface area contributed by atoms with Crippen molar-refractivity contribution in [3.05, 3.63) is 23.8 Å². The van der Waals surface area contributed by atoms with Crippen LogP contribution in [-0.2, 0) is 4.79 Å². The van der Waals surface area contributed by atoms with Gasteiger partial charge in [-0.25, -0.2) is 0 Å². The van der Waals surface area contributed by atoms with Crippen molar-refractivity contribution in [3.63, 3.8) is 0 Å². The number of Topliss-reactive ketones (excluding diaryl/α,β-unsaturated/α-hetero) is 1. The number of benzene rings is 1. The molecule has 0 saturated heterocycles. The van der Waals surface area contributed by atoms with Crippen LogP contribution in [0.15, 0.2) is 18.2 Å². The second kappa shape index (κ2) is 6.19. The lowest BCUT2D eigenvalue weighted by Gasteiger charge is -2.15. The molecule has 0 bridgehead atoms. The molecule has 1 atom stereocenters. The Morgan fingerprint density at radius 1 is 1.37 bits per heavy atom. The highest BCUT2D eigenvalue weighted by atomic mass is 16.4. The first-order valence-electron chi connectivity index (χ1n) is 5.91. The molecule has 5 N–H and O–H groups in total. The molecule has 1 aromatic carbocycles. The number of ketones is 1. The van der Waals surface area contributed by atoms with Gasteiger partial charge in [0.1, 0.15) is 6.04 Å². The maximum atomic E-state index is 12.0. The van der Waals surface area contributed by atoms with Gasteiger partial charge in [-0.1, -0.05) is 0 Å². The van der Waals surface area contributed by atoms with Gasteiger partial charge in [0.15, 0.2) is 5.78 Å². The number of hydrogen-bond donors (Lipinski definition) is 3. The molecule has 6 nitrogen and oxygen atoms in total. The Morgan fingerprint density at radius 3 is 2.53 bits per heavy atom. The number of carbonyl (C=O) groups is 2. The zero-order valence-corrected chi connectivity index (χ0v) is 11.1. The first-order valence-corrected chi connectivity index (χ1v) is 5.91. The number of nitrogens with zero attached hydrogens (tertiary/aromatic N) is 1. The zero-order chi connectivity index (χ0) is 14.6. The molecule has 1 aromatic rings. The Hall–Kier alpha value is -2.08. The highest BCUT2D eigenvalue weighted by Gasteiger charge is 2.16. The van der Waals surface area contributed by atoms with Crippen molar-refractivity contribution >= 4 is 23.1 Å². The molecular formula is C13H19N3O3. The molecule has 0 amide bonds. The van der Waals surface area contributed by atoms with Crippen LogP contribution < -0.4 is 16.4 Å². The predicted molar refractivity (Wildman–Crippen MR) is 74.4 cm³/mol. The van der Waals surface area contributed by atoms with Crippen molar-refractivity contribution in [2.24, 2.45) is 5.73 Å². The average molecular weight is 265 g/mol. The van der Waals surface area contributed by atoms with Crippen LogP contribution in [0.3, 0.4) is 0 Å². The first kappa shape index (κ1) is 15.0. The van der Waals surface area contributed by atoms with Crippen LogP contribution >= 0.6 is 0 Å². The number of carbonyl (C=O) groups excluding carboxylic acids is 1. The molecule has 0 aliphatic rings. The molecule has 6 heteroatoms. The molecule has 104 valence electrons. The highest BCUT2D eigenvalue weighted by molar-refractivity contribution is 6.01. The summed E-state index contributed by atoms with van der Waals surface area (Å²) in [7, 11) is 3.72. The summed E-state index contributed by atoms with van der Waals surface area (Å²) in [6.45, 7) is 0. The third-order valence-electron chi connectivity index (χ3n) is 2.85. The predicted octanol–water partition coefficient (Wildman–Crippen LogP) is 0.710. The number of rotatable bonds is 6. The number of nitrogens with two attached hydrogens (primary N) is 2. The summed E-state index contributed by atoms with van der Waals surface area (Å²) in [5, 5.41) is 8.67. The smallest absolute Gasteiger partial charge is 0.320 e. The summed E-state index contributed by atoms with van der Waals surface area (Å²) in [5.41, 5.74) is 12.8. The molecule has 0 aliphatic heterocycles. The fraction of sp³-hybridized carbons (Fsp3) is 0.385. The molecule has 0 spiro atoms. The zero-order valence-electron chi connectivity index (χ0n) is 11.1. The Balaban J connectivity index is 2.81. The van der Waals surface area contributed by atoms with E-state index in [0.717, 1.165) is 5.69 Å². The van der Waals surface area contributed by atoms with Gasteiger partial charge < -0.3 is 21.5 Å². The van der Waals surface area contributed by atoms with Gasteiger partial charge in [-0.15, -0.1) is 0 Å². The molecule has 0 saturated carbocycles. The standard InChI is InChI=1S/C13H19N3O3/c1-16(2)8-3-4-10(14)9(7-8)12(17)6-5-11(15)13(18)19/h3-4,7,11H,5-6,14-15H2,1-2H3,(H,18,19)/t11-/m0/s1. The summed E-state index contributed by atoms with van der Waals surface area (Å²) in [4.78, 5) is 24.5. The number of hydrogen-bond acceptors (Lipinski definition) is 5. The van der Waals surface area contributed by atoms with Gasteiger partial charge >= 0.3 is 5.97 Å². The molecule has 0 aliphatic carbocycles. The van der Waals surface area contributed by atoms with E-state index in [0.29, 0.717) is 11.3 Å². The van der Waals surface area contributed by atoms with E-state index in [9.17, 15) is 9.59 Å². The van der Waals surface area contributed by atoms with Crippen LogP contribution in [0, 0.1) is 0 Å². The quantitative estimate of drug-likeness (QED) is 0.516. The van der Waals surface area contributed by atoms with E-state index in [1.165, 1.54) is 0 Å². The third-order valence-corrected chi connectivity index (χ3v) is 2.85. The molecule has 0 heterocycles. The van der Waals surface area contributed by atoms with E-state index in [2.05, 4.69) is 0 Å². The van der Waals surface area contributed by atoms with E-state index in [-0.39, 0.29) is 18.6 Å². The molecule has 0 aromatic heterocycles. The lowest BCUT2D eigenvalue weighted by molar-refractivity contribution is -0.138.